The van der Waals surface area contributed by atoms with Crippen LogP contribution >= 0.6 is 0 Å². The third-order valence-electron chi connectivity index (χ3n) is 3.88. The van der Waals surface area contributed by atoms with E-state index in [2.05, 4.69) is 45.3 Å². The molecule has 2 nitrogen and oxygen atoms in total. The molecule has 0 spiro atoms. The van der Waals surface area contributed by atoms with Gasteiger partial charge < -0.3 is 0 Å². The second-order valence-electron chi connectivity index (χ2n) is 5.68. The van der Waals surface area contributed by atoms with E-state index in [1.165, 1.54) is 47.9 Å². The molecule has 1 saturated carbocycles. The molecule has 1 fully saturated rings. The van der Waals surface area contributed by atoms with E-state index in [1.54, 1.807) is 0 Å². The van der Waals surface area contributed by atoms with Crippen molar-refractivity contribution in [1.82, 2.24) is 5.48 Å². The molecular weight excluding hydrogens is 222 g/mol. The summed E-state index contributed by atoms with van der Waals surface area (Å²) in [4.78, 5) is 5.81. The van der Waals surface area contributed by atoms with Gasteiger partial charge in [0, 0.05) is 0 Å². The van der Waals surface area contributed by atoms with E-state index in [9.17, 15) is 0 Å². The number of hydrogen-bond acceptors (Lipinski definition) is 2. The maximum Gasteiger partial charge on any atom is 0.0790 e. The van der Waals surface area contributed by atoms with Crippen molar-refractivity contribution in [2.75, 3.05) is 0 Å². The van der Waals surface area contributed by atoms with Crippen LogP contribution in [0.2, 0.25) is 0 Å². The maximum atomic E-state index is 5.81. The van der Waals surface area contributed by atoms with Gasteiger partial charge in [-0.05, 0) is 57.2 Å². The summed E-state index contributed by atoms with van der Waals surface area (Å²) in [7, 11) is 0. The van der Waals surface area contributed by atoms with Gasteiger partial charge in [-0.1, -0.05) is 30.5 Å². The molecule has 0 heterocycles. The predicted octanol–water partition coefficient (Wildman–Crippen LogP) is 4.14. The quantitative estimate of drug-likeness (QED) is 0.807. The number of aryl methyl sites for hydroxylation is 3. The van der Waals surface area contributed by atoms with Gasteiger partial charge in [0.2, 0.25) is 0 Å². The molecule has 1 aliphatic rings. The number of nitrogens with one attached hydrogen (secondary N) is 1. The molecule has 1 N–H and O–H groups in total. The van der Waals surface area contributed by atoms with Crippen molar-refractivity contribution < 1.29 is 4.84 Å². The molecule has 1 aromatic rings. The summed E-state index contributed by atoms with van der Waals surface area (Å²) in [6.45, 7) is 8.70. The first-order valence-corrected chi connectivity index (χ1v) is 7.07. The van der Waals surface area contributed by atoms with Crippen LogP contribution in [0, 0.1) is 20.8 Å². The van der Waals surface area contributed by atoms with Crippen LogP contribution in [-0.4, -0.2) is 6.10 Å². The zero-order chi connectivity index (χ0) is 13.1. The van der Waals surface area contributed by atoms with Crippen LogP contribution in [0.1, 0.15) is 60.9 Å². The summed E-state index contributed by atoms with van der Waals surface area (Å²) in [6.07, 6.45) is 5.43. The predicted molar refractivity (Wildman–Crippen MR) is 75.5 cm³/mol. The number of hydroxylamine groups is 1. The first-order chi connectivity index (χ1) is 8.58. The minimum Gasteiger partial charge on any atom is -0.298 e. The lowest BCUT2D eigenvalue weighted by molar-refractivity contribution is -0.0378. The molecule has 1 aliphatic carbocycles. The highest BCUT2D eigenvalue weighted by Crippen LogP contribution is 2.25. The van der Waals surface area contributed by atoms with Crippen molar-refractivity contribution in [2.45, 2.75) is 65.5 Å². The normalized spacial score (nSPS) is 18.2. The Morgan fingerprint density at radius 3 is 2.22 bits per heavy atom. The van der Waals surface area contributed by atoms with Crippen molar-refractivity contribution in [3.05, 3.63) is 34.4 Å². The zero-order valence-electron chi connectivity index (χ0n) is 12.0. The molecule has 0 aromatic heterocycles. The van der Waals surface area contributed by atoms with Gasteiger partial charge in [0.1, 0.15) is 0 Å². The summed E-state index contributed by atoms with van der Waals surface area (Å²) >= 11 is 0. The van der Waals surface area contributed by atoms with Crippen LogP contribution in [0.3, 0.4) is 0 Å². The molecule has 0 radical (unpaired) electrons. The lowest BCUT2D eigenvalue weighted by atomic mass is 9.95. The van der Waals surface area contributed by atoms with Crippen molar-refractivity contribution in [3.8, 4) is 0 Å². The molecule has 1 atom stereocenters. The average Bonchev–Trinajstić information content (AvgIpc) is 2.77. The minimum absolute atomic E-state index is 0.256. The summed E-state index contributed by atoms with van der Waals surface area (Å²) in [5, 5.41) is 0. The molecule has 0 amide bonds. The van der Waals surface area contributed by atoms with E-state index >= 15 is 0 Å². The van der Waals surface area contributed by atoms with Gasteiger partial charge in [0.25, 0.3) is 0 Å². The van der Waals surface area contributed by atoms with E-state index in [0.717, 1.165) is 0 Å². The summed E-state index contributed by atoms with van der Waals surface area (Å²) in [6, 6.07) is 4.75. The Labute approximate surface area is 111 Å². The van der Waals surface area contributed by atoms with Gasteiger partial charge in [-0.2, -0.15) is 5.48 Å². The maximum absolute atomic E-state index is 5.81. The highest BCUT2D eigenvalue weighted by molar-refractivity contribution is 5.39. The SMILES string of the molecule is Cc1cc(C)c(C(C)NOC2CCCC2)c(C)c1. The second-order valence-corrected chi connectivity index (χ2v) is 5.68. The van der Waals surface area contributed by atoms with Crippen LogP contribution in [0.25, 0.3) is 0 Å². The lowest BCUT2D eigenvalue weighted by Crippen LogP contribution is -2.25. The summed E-state index contributed by atoms with van der Waals surface area (Å²) in [5.41, 5.74) is 8.65. The molecular formula is C16H25NO. The van der Waals surface area contributed by atoms with E-state index < -0.39 is 0 Å². The molecule has 1 aromatic carbocycles. The third-order valence-corrected chi connectivity index (χ3v) is 3.88. The standard InChI is InChI=1S/C16H25NO/c1-11-9-12(2)16(13(3)10-11)14(4)17-18-15-7-5-6-8-15/h9-10,14-15,17H,5-8H2,1-4H3. The van der Waals surface area contributed by atoms with Crippen molar-refractivity contribution in [2.24, 2.45) is 0 Å². The van der Waals surface area contributed by atoms with E-state index in [4.69, 9.17) is 4.84 Å². The van der Waals surface area contributed by atoms with Gasteiger partial charge in [-0.3, -0.25) is 4.84 Å². The number of rotatable bonds is 4. The highest BCUT2D eigenvalue weighted by Gasteiger charge is 2.18. The fraction of sp³-hybridized carbons (Fsp3) is 0.625. The molecule has 1 unspecified atom stereocenters. The van der Waals surface area contributed by atoms with Crippen molar-refractivity contribution in [3.63, 3.8) is 0 Å². The lowest BCUT2D eigenvalue weighted by Gasteiger charge is -2.21. The minimum atomic E-state index is 0.256. The first-order valence-electron chi connectivity index (χ1n) is 7.07. The fourth-order valence-electron chi connectivity index (χ4n) is 3.14. The fourth-order valence-corrected chi connectivity index (χ4v) is 3.14. The van der Waals surface area contributed by atoms with E-state index in [0.29, 0.717) is 6.10 Å². The highest BCUT2D eigenvalue weighted by atomic mass is 16.7. The van der Waals surface area contributed by atoms with Gasteiger partial charge in [0.15, 0.2) is 0 Å². The second kappa shape index (κ2) is 5.85. The molecule has 2 rings (SSSR count). The average molecular weight is 247 g/mol. The summed E-state index contributed by atoms with van der Waals surface area (Å²) in [5.74, 6) is 0. The molecule has 100 valence electrons. The topological polar surface area (TPSA) is 21.3 Å². The Kier molecular flexibility index (Phi) is 4.41. The largest absolute Gasteiger partial charge is 0.298 e. The monoisotopic (exact) mass is 247 g/mol. The van der Waals surface area contributed by atoms with Crippen LogP contribution in [0.4, 0.5) is 0 Å². The molecule has 0 aliphatic heterocycles. The summed E-state index contributed by atoms with van der Waals surface area (Å²) < 4.78 is 0. The Hall–Kier alpha value is -0.860. The zero-order valence-corrected chi connectivity index (χ0v) is 12.0. The third kappa shape index (κ3) is 3.12. The van der Waals surface area contributed by atoms with Crippen LogP contribution in [0.5, 0.6) is 0 Å². The number of hydrogen-bond donors (Lipinski definition) is 1. The van der Waals surface area contributed by atoms with Gasteiger partial charge in [-0.15, -0.1) is 0 Å². The van der Waals surface area contributed by atoms with Gasteiger partial charge in [-0.25, -0.2) is 0 Å². The van der Waals surface area contributed by atoms with Gasteiger partial charge >= 0.3 is 0 Å². The van der Waals surface area contributed by atoms with Crippen molar-refractivity contribution >= 4 is 0 Å². The van der Waals surface area contributed by atoms with E-state index in [1.807, 2.05) is 0 Å². The molecule has 0 bridgehead atoms. The van der Waals surface area contributed by atoms with Crippen LogP contribution < -0.4 is 5.48 Å². The van der Waals surface area contributed by atoms with Gasteiger partial charge in [0.05, 0.1) is 12.1 Å². The Morgan fingerprint density at radius 2 is 1.67 bits per heavy atom. The first kappa shape index (κ1) is 13.6. The van der Waals surface area contributed by atoms with Crippen LogP contribution in [0.15, 0.2) is 12.1 Å². The van der Waals surface area contributed by atoms with E-state index in [-0.39, 0.29) is 6.04 Å². The molecule has 18 heavy (non-hydrogen) atoms. The Balaban J connectivity index is 2.01. The Morgan fingerprint density at radius 1 is 1.11 bits per heavy atom. The Bertz CT molecular complexity index is 385. The van der Waals surface area contributed by atoms with Crippen molar-refractivity contribution in [1.29, 1.82) is 0 Å². The smallest absolute Gasteiger partial charge is 0.0790 e. The molecule has 0 saturated heterocycles. The molecule has 2 heteroatoms. The number of benzene rings is 1. The van der Waals surface area contributed by atoms with Crippen LogP contribution in [-0.2, 0) is 4.84 Å².